The summed E-state index contributed by atoms with van der Waals surface area (Å²) in [4.78, 5) is 13.1. The topological polar surface area (TPSA) is 84.5 Å². The van der Waals surface area contributed by atoms with Crippen LogP contribution in [-0.4, -0.2) is 20.9 Å². The second kappa shape index (κ2) is 9.87. The zero-order chi connectivity index (χ0) is 23.3. The van der Waals surface area contributed by atoms with E-state index in [0.717, 1.165) is 16.9 Å². The molecule has 0 saturated heterocycles. The van der Waals surface area contributed by atoms with E-state index in [9.17, 15) is 13.2 Å². The summed E-state index contributed by atoms with van der Waals surface area (Å²) in [5.41, 5.74) is 3.24. The molecular weight excluding hydrogens is 424 g/mol. The number of carbonyl (C=O) groups is 1. The minimum Gasteiger partial charge on any atom is -0.494 e. The van der Waals surface area contributed by atoms with E-state index < -0.39 is 10.0 Å². The van der Waals surface area contributed by atoms with Crippen molar-refractivity contribution in [2.75, 3.05) is 11.3 Å². The van der Waals surface area contributed by atoms with Gasteiger partial charge in [-0.15, -0.1) is 0 Å². The van der Waals surface area contributed by atoms with E-state index in [1.807, 2.05) is 45.0 Å². The third-order valence-electron chi connectivity index (χ3n) is 5.19. The monoisotopic (exact) mass is 452 g/mol. The Morgan fingerprint density at radius 1 is 0.969 bits per heavy atom. The van der Waals surface area contributed by atoms with Gasteiger partial charge >= 0.3 is 0 Å². The van der Waals surface area contributed by atoms with Crippen LogP contribution in [0.4, 0.5) is 5.69 Å². The number of carbonyl (C=O) groups excluding carboxylic acids is 1. The molecule has 0 fully saturated rings. The van der Waals surface area contributed by atoms with E-state index in [-0.39, 0.29) is 16.8 Å². The van der Waals surface area contributed by atoms with Gasteiger partial charge in [0.05, 0.1) is 23.2 Å². The highest BCUT2D eigenvalue weighted by molar-refractivity contribution is 7.92. The summed E-state index contributed by atoms with van der Waals surface area (Å²) in [5.74, 6) is 0.499. The van der Waals surface area contributed by atoms with Crippen LogP contribution in [0.25, 0.3) is 0 Å². The van der Waals surface area contributed by atoms with Crippen LogP contribution in [0, 0.1) is 13.8 Å². The van der Waals surface area contributed by atoms with E-state index in [1.165, 1.54) is 0 Å². The lowest BCUT2D eigenvalue weighted by molar-refractivity contribution is 0.0939. The molecular formula is C25H28N2O4S. The molecule has 0 aromatic heterocycles. The van der Waals surface area contributed by atoms with Crippen LogP contribution in [-0.2, 0) is 10.0 Å². The summed E-state index contributed by atoms with van der Waals surface area (Å²) in [7, 11) is -3.76. The fourth-order valence-corrected chi connectivity index (χ4v) is 4.41. The van der Waals surface area contributed by atoms with Crippen molar-refractivity contribution in [2.45, 2.75) is 38.6 Å². The van der Waals surface area contributed by atoms with Gasteiger partial charge in [0.2, 0.25) is 0 Å². The average Bonchev–Trinajstić information content (AvgIpc) is 2.76. The molecule has 1 atom stereocenters. The largest absolute Gasteiger partial charge is 0.494 e. The molecule has 0 aliphatic heterocycles. The van der Waals surface area contributed by atoms with E-state index >= 15 is 0 Å². The van der Waals surface area contributed by atoms with E-state index in [0.29, 0.717) is 23.4 Å². The third-order valence-corrected chi connectivity index (χ3v) is 6.57. The van der Waals surface area contributed by atoms with Crippen molar-refractivity contribution >= 4 is 21.6 Å². The number of amides is 1. The number of anilines is 1. The van der Waals surface area contributed by atoms with Crippen LogP contribution < -0.4 is 14.8 Å². The highest BCUT2D eigenvalue weighted by atomic mass is 32.2. The molecule has 0 spiro atoms. The van der Waals surface area contributed by atoms with Gasteiger partial charge in [0, 0.05) is 5.56 Å². The van der Waals surface area contributed by atoms with Crippen LogP contribution in [0.1, 0.15) is 46.9 Å². The van der Waals surface area contributed by atoms with Crippen molar-refractivity contribution in [2.24, 2.45) is 0 Å². The molecule has 0 radical (unpaired) electrons. The smallest absolute Gasteiger partial charge is 0.261 e. The fourth-order valence-electron chi connectivity index (χ4n) is 3.29. The van der Waals surface area contributed by atoms with Gasteiger partial charge in [-0.1, -0.05) is 35.9 Å². The Hall–Kier alpha value is -3.32. The first-order valence-electron chi connectivity index (χ1n) is 10.4. The SMILES string of the molecule is CCOc1ccc([C@H](C)NC(=O)c2cccc(NS(=O)(=O)c3ccc(C)cc3)c2C)cc1. The van der Waals surface area contributed by atoms with Gasteiger partial charge in [-0.3, -0.25) is 9.52 Å². The molecule has 32 heavy (non-hydrogen) atoms. The summed E-state index contributed by atoms with van der Waals surface area (Å²) >= 11 is 0. The Morgan fingerprint density at radius 2 is 1.62 bits per heavy atom. The Morgan fingerprint density at radius 3 is 2.25 bits per heavy atom. The lowest BCUT2D eigenvalue weighted by Gasteiger charge is -2.17. The van der Waals surface area contributed by atoms with E-state index in [1.54, 1.807) is 49.4 Å². The van der Waals surface area contributed by atoms with Crippen molar-refractivity contribution < 1.29 is 17.9 Å². The minimum absolute atomic E-state index is 0.168. The molecule has 3 aromatic rings. The van der Waals surface area contributed by atoms with Crippen LogP contribution in [0.5, 0.6) is 5.75 Å². The molecule has 3 rings (SSSR count). The molecule has 0 bridgehead atoms. The first-order valence-corrected chi connectivity index (χ1v) is 11.9. The maximum atomic E-state index is 12.9. The second-order valence-corrected chi connectivity index (χ2v) is 9.28. The molecule has 168 valence electrons. The zero-order valence-electron chi connectivity index (χ0n) is 18.7. The Kier molecular flexibility index (Phi) is 7.20. The molecule has 3 aromatic carbocycles. The summed E-state index contributed by atoms with van der Waals surface area (Å²) in [6.07, 6.45) is 0. The van der Waals surface area contributed by atoms with Crippen molar-refractivity contribution in [1.29, 1.82) is 0 Å². The van der Waals surface area contributed by atoms with Crippen LogP contribution in [0.3, 0.4) is 0 Å². The van der Waals surface area contributed by atoms with Gasteiger partial charge in [-0.2, -0.15) is 0 Å². The Bertz CT molecular complexity index is 1190. The third kappa shape index (κ3) is 5.48. The number of hydrogen-bond acceptors (Lipinski definition) is 4. The minimum atomic E-state index is -3.76. The van der Waals surface area contributed by atoms with E-state index in [4.69, 9.17) is 4.74 Å². The molecule has 0 heterocycles. The van der Waals surface area contributed by atoms with E-state index in [2.05, 4.69) is 10.0 Å². The normalized spacial score (nSPS) is 12.1. The van der Waals surface area contributed by atoms with Crippen molar-refractivity contribution in [3.63, 3.8) is 0 Å². The first kappa shape index (κ1) is 23.3. The first-order chi connectivity index (χ1) is 15.2. The molecule has 0 aliphatic rings. The molecule has 2 N–H and O–H groups in total. The van der Waals surface area contributed by atoms with Gasteiger partial charge in [0.15, 0.2) is 0 Å². The molecule has 1 amide bonds. The summed E-state index contributed by atoms with van der Waals surface area (Å²) in [5, 5.41) is 2.98. The predicted molar refractivity (Wildman–Crippen MR) is 127 cm³/mol. The fraction of sp³-hybridized carbons (Fsp3) is 0.240. The zero-order valence-corrected chi connectivity index (χ0v) is 19.5. The van der Waals surface area contributed by atoms with Crippen LogP contribution in [0.2, 0.25) is 0 Å². The number of nitrogens with one attached hydrogen (secondary N) is 2. The van der Waals surface area contributed by atoms with Crippen molar-refractivity contribution in [1.82, 2.24) is 5.32 Å². The molecule has 0 aliphatic carbocycles. The maximum absolute atomic E-state index is 12.9. The van der Waals surface area contributed by atoms with Crippen LogP contribution >= 0.6 is 0 Å². The van der Waals surface area contributed by atoms with Gasteiger partial charge in [-0.05, 0) is 75.2 Å². The number of benzene rings is 3. The van der Waals surface area contributed by atoms with Crippen LogP contribution in [0.15, 0.2) is 71.6 Å². The van der Waals surface area contributed by atoms with Gasteiger partial charge < -0.3 is 10.1 Å². The highest BCUT2D eigenvalue weighted by Gasteiger charge is 2.19. The number of hydrogen-bond donors (Lipinski definition) is 2. The summed E-state index contributed by atoms with van der Waals surface area (Å²) in [6, 6.07) is 18.9. The summed E-state index contributed by atoms with van der Waals surface area (Å²) in [6.45, 7) is 8.03. The lowest BCUT2D eigenvalue weighted by Crippen LogP contribution is -2.27. The molecule has 7 heteroatoms. The molecule has 0 saturated carbocycles. The standard InChI is InChI=1S/C25H28N2O4S/c1-5-31-21-13-11-20(12-14-21)19(4)26-25(28)23-7-6-8-24(18(23)3)27-32(29,30)22-15-9-17(2)10-16-22/h6-16,19,27H,5H2,1-4H3,(H,26,28)/t19-/m0/s1. The number of rotatable bonds is 8. The molecule has 6 nitrogen and oxygen atoms in total. The number of aryl methyl sites for hydroxylation is 1. The average molecular weight is 453 g/mol. The lowest BCUT2D eigenvalue weighted by atomic mass is 10.0. The quantitative estimate of drug-likeness (QED) is 0.504. The number of sulfonamides is 1. The Balaban J connectivity index is 1.76. The van der Waals surface area contributed by atoms with Gasteiger partial charge in [0.1, 0.15) is 5.75 Å². The molecule has 0 unspecified atom stereocenters. The van der Waals surface area contributed by atoms with Crippen molar-refractivity contribution in [3.05, 3.63) is 89.0 Å². The predicted octanol–water partition coefficient (Wildman–Crippen LogP) is 4.99. The van der Waals surface area contributed by atoms with Gasteiger partial charge in [0.25, 0.3) is 15.9 Å². The van der Waals surface area contributed by atoms with Gasteiger partial charge in [-0.25, -0.2) is 8.42 Å². The maximum Gasteiger partial charge on any atom is 0.261 e. The second-order valence-electron chi connectivity index (χ2n) is 7.59. The Labute approximate surface area is 189 Å². The van der Waals surface area contributed by atoms with Crippen molar-refractivity contribution in [3.8, 4) is 5.75 Å². The number of ether oxygens (including phenoxy) is 1. The highest BCUT2D eigenvalue weighted by Crippen LogP contribution is 2.24. The summed E-state index contributed by atoms with van der Waals surface area (Å²) < 4.78 is 33.6.